The number of ether oxygens (including phenoxy) is 1. The molecule has 25 heavy (non-hydrogen) atoms. The van der Waals surface area contributed by atoms with Crippen molar-refractivity contribution in [3.8, 4) is 5.75 Å². The summed E-state index contributed by atoms with van der Waals surface area (Å²) in [4.78, 5) is 3.94. The number of pyridine rings is 1. The van der Waals surface area contributed by atoms with Gasteiger partial charge in [-0.3, -0.25) is 4.98 Å². The molecule has 0 aliphatic carbocycles. The molecule has 1 aromatic carbocycles. The Morgan fingerprint density at radius 3 is 2.12 bits per heavy atom. The highest BCUT2D eigenvalue weighted by molar-refractivity contribution is 5.38. The third kappa shape index (κ3) is 4.07. The van der Waals surface area contributed by atoms with Gasteiger partial charge in [-0.2, -0.15) is 22.0 Å². The van der Waals surface area contributed by atoms with Crippen LogP contribution < -0.4 is 4.74 Å². The van der Waals surface area contributed by atoms with Gasteiger partial charge in [-0.1, -0.05) is 31.5 Å². The van der Waals surface area contributed by atoms with Gasteiger partial charge < -0.3 is 9.84 Å². The standard InChI is InChI=1S/C17H16F5NO2/c1-2-9-15(24,13-4-3-10-23-11-13)12-5-7-14(8-6-12)25-17(21,22)16(18,19)20/h3-8,10-11,24H,2,9H2,1H3. The monoisotopic (exact) mass is 361 g/mol. The number of alkyl halides is 5. The highest BCUT2D eigenvalue weighted by Crippen LogP contribution is 2.39. The zero-order valence-corrected chi connectivity index (χ0v) is 13.2. The predicted octanol–water partition coefficient (Wildman–Crippen LogP) is 4.65. The van der Waals surface area contributed by atoms with Crippen molar-refractivity contribution >= 4 is 0 Å². The molecular weight excluding hydrogens is 345 g/mol. The van der Waals surface area contributed by atoms with Crippen molar-refractivity contribution < 1.29 is 31.8 Å². The molecule has 1 atom stereocenters. The summed E-state index contributed by atoms with van der Waals surface area (Å²) in [5.41, 5.74) is -0.607. The van der Waals surface area contributed by atoms with Crippen molar-refractivity contribution in [3.63, 3.8) is 0 Å². The van der Waals surface area contributed by atoms with Gasteiger partial charge in [0.15, 0.2) is 0 Å². The summed E-state index contributed by atoms with van der Waals surface area (Å²) in [5, 5.41) is 11.0. The Morgan fingerprint density at radius 2 is 1.64 bits per heavy atom. The largest absolute Gasteiger partial charge is 0.499 e. The van der Waals surface area contributed by atoms with Gasteiger partial charge in [0.2, 0.25) is 0 Å². The lowest BCUT2D eigenvalue weighted by atomic mass is 9.83. The Hall–Kier alpha value is -2.22. The molecule has 136 valence electrons. The first-order chi connectivity index (χ1) is 11.6. The molecule has 1 heterocycles. The lowest BCUT2D eigenvalue weighted by molar-refractivity contribution is -0.360. The Labute approximate surface area is 141 Å². The first-order valence-electron chi connectivity index (χ1n) is 7.47. The number of hydrogen-bond acceptors (Lipinski definition) is 3. The number of hydrogen-bond donors (Lipinski definition) is 1. The number of rotatable bonds is 6. The lowest BCUT2D eigenvalue weighted by Crippen LogP contribution is -2.41. The van der Waals surface area contributed by atoms with Crippen LogP contribution in [0.4, 0.5) is 22.0 Å². The van der Waals surface area contributed by atoms with Gasteiger partial charge in [0.05, 0.1) is 0 Å². The molecule has 0 amide bonds. The molecule has 0 spiro atoms. The summed E-state index contributed by atoms with van der Waals surface area (Å²) >= 11 is 0. The summed E-state index contributed by atoms with van der Waals surface area (Å²) in [5.74, 6) is -0.656. The van der Waals surface area contributed by atoms with Crippen molar-refractivity contribution in [3.05, 3.63) is 59.9 Å². The summed E-state index contributed by atoms with van der Waals surface area (Å²) in [6, 6.07) is 7.73. The van der Waals surface area contributed by atoms with Crippen molar-refractivity contribution in [2.45, 2.75) is 37.7 Å². The Balaban J connectivity index is 2.31. The molecule has 0 radical (unpaired) electrons. The SMILES string of the molecule is CCCC(O)(c1ccc(OC(F)(F)C(F)(F)F)cc1)c1cccnc1. The molecule has 1 N–H and O–H groups in total. The maximum Gasteiger partial charge on any atom is 0.499 e. The number of aromatic nitrogens is 1. The number of benzene rings is 1. The zero-order valence-electron chi connectivity index (χ0n) is 13.2. The van der Waals surface area contributed by atoms with Crippen LogP contribution in [-0.4, -0.2) is 22.4 Å². The molecule has 2 aromatic rings. The van der Waals surface area contributed by atoms with E-state index in [1.165, 1.54) is 24.5 Å². The average Bonchev–Trinajstić information content (AvgIpc) is 2.55. The van der Waals surface area contributed by atoms with E-state index in [4.69, 9.17) is 0 Å². The third-order valence-corrected chi connectivity index (χ3v) is 3.66. The molecule has 2 rings (SSSR count). The van der Waals surface area contributed by atoms with Crippen LogP contribution in [0, 0.1) is 0 Å². The number of nitrogens with zero attached hydrogens (tertiary/aromatic N) is 1. The van der Waals surface area contributed by atoms with E-state index in [0.717, 1.165) is 12.1 Å². The van der Waals surface area contributed by atoms with Crippen LogP contribution >= 0.6 is 0 Å². The maximum absolute atomic E-state index is 12.9. The smallest absolute Gasteiger partial charge is 0.426 e. The highest BCUT2D eigenvalue weighted by atomic mass is 19.4. The second kappa shape index (κ2) is 6.95. The van der Waals surface area contributed by atoms with Crippen LogP contribution in [0.15, 0.2) is 48.8 Å². The number of halogens is 5. The van der Waals surface area contributed by atoms with E-state index in [1.54, 1.807) is 12.1 Å². The summed E-state index contributed by atoms with van der Waals surface area (Å²) in [7, 11) is 0. The van der Waals surface area contributed by atoms with E-state index in [2.05, 4.69) is 9.72 Å². The average molecular weight is 361 g/mol. The van der Waals surface area contributed by atoms with Crippen LogP contribution in [0.25, 0.3) is 0 Å². The van der Waals surface area contributed by atoms with Crippen LogP contribution in [0.3, 0.4) is 0 Å². The van der Waals surface area contributed by atoms with Gasteiger partial charge in [0.1, 0.15) is 11.4 Å². The van der Waals surface area contributed by atoms with E-state index in [1.807, 2.05) is 6.92 Å². The first kappa shape index (κ1) is 19.1. The van der Waals surface area contributed by atoms with Gasteiger partial charge in [0.25, 0.3) is 0 Å². The fourth-order valence-corrected chi connectivity index (χ4v) is 2.43. The summed E-state index contributed by atoms with van der Waals surface area (Å²) in [6.07, 6.45) is -7.18. The molecule has 0 aliphatic heterocycles. The van der Waals surface area contributed by atoms with Crippen molar-refractivity contribution in [2.75, 3.05) is 0 Å². The molecule has 0 saturated heterocycles. The first-order valence-corrected chi connectivity index (χ1v) is 7.47. The molecule has 0 aliphatic rings. The van der Waals surface area contributed by atoms with E-state index < -0.39 is 23.6 Å². The fraction of sp³-hybridized carbons (Fsp3) is 0.353. The molecule has 3 nitrogen and oxygen atoms in total. The van der Waals surface area contributed by atoms with Crippen molar-refractivity contribution in [1.82, 2.24) is 4.98 Å². The molecule has 8 heteroatoms. The second-order valence-electron chi connectivity index (χ2n) is 5.49. The molecule has 1 unspecified atom stereocenters. The predicted molar refractivity (Wildman–Crippen MR) is 80.2 cm³/mol. The topological polar surface area (TPSA) is 42.4 Å². The van der Waals surface area contributed by atoms with Gasteiger partial charge in [-0.05, 0) is 30.2 Å². The van der Waals surface area contributed by atoms with Crippen LogP contribution in [0.1, 0.15) is 30.9 Å². The fourth-order valence-electron chi connectivity index (χ4n) is 2.43. The molecule has 1 aromatic heterocycles. The van der Waals surface area contributed by atoms with Crippen molar-refractivity contribution in [1.29, 1.82) is 0 Å². The summed E-state index contributed by atoms with van der Waals surface area (Å²) < 4.78 is 66.2. The zero-order chi connectivity index (χ0) is 18.7. The quantitative estimate of drug-likeness (QED) is 0.762. The number of aliphatic hydroxyl groups is 1. The van der Waals surface area contributed by atoms with Crippen LogP contribution in [0.2, 0.25) is 0 Å². The van der Waals surface area contributed by atoms with E-state index >= 15 is 0 Å². The van der Waals surface area contributed by atoms with Gasteiger partial charge >= 0.3 is 12.3 Å². The Bertz CT molecular complexity index is 688. The normalized spacial score (nSPS) is 14.8. The summed E-state index contributed by atoms with van der Waals surface area (Å²) in [6.45, 7) is 1.85. The van der Waals surface area contributed by atoms with Gasteiger partial charge in [-0.15, -0.1) is 0 Å². The minimum atomic E-state index is -5.82. The van der Waals surface area contributed by atoms with Crippen molar-refractivity contribution in [2.24, 2.45) is 0 Å². The lowest BCUT2D eigenvalue weighted by Gasteiger charge is -2.29. The van der Waals surface area contributed by atoms with E-state index in [0.29, 0.717) is 24.0 Å². The maximum atomic E-state index is 12.9. The second-order valence-corrected chi connectivity index (χ2v) is 5.49. The molecule has 0 saturated carbocycles. The van der Waals surface area contributed by atoms with E-state index in [-0.39, 0.29) is 0 Å². The Kier molecular flexibility index (Phi) is 5.31. The van der Waals surface area contributed by atoms with Crippen LogP contribution in [-0.2, 0) is 5.60 Å². The highest BCUT2D eigenvalue weighted by Gasteiger charge is 2.61. The van der Waals surface area contributed by atoms with Crippen LogP contribution in [0.5, 0.6) is 5.75 Å². The molecule has 0 bridgehead atoms. The van der Waals surface area contributed by atoms with Gasteiger partial charge in [-0.25, -0.2) is 0 Å². The molecular formula is C17H16F5NO2. The minimum Gasteiger partial charge on any atom is -0.426 e. The van der Waals surface area contributed by atoms with Gasteiger partial charge in [0, 0.05) is 18.0 Å². The Morgan fingerprint density at radius 1 is 1.00 bits per heavy atom. The third-order valence-electron chi connectivity index (χ3n) is 3.66. The molecule has 0 fully saturated rings. The van der Waals surface area contributed by atoms with E-state index in [9.17, 15) is 27.1 Å². The minimum absolute atomic E-state index is 0.317.